The second-order valence-electron chi connectivity index (χ2n) is 10.1. The van der Waals surface area contributed by atoms with Crippen LogP contribution in [0.2, 0.25) is 0 Å². The van der Waals surface area contributed by atoms with Gasteiger partial charge in [0.1, 0.15) is 0 Å². The van der Waals surface area contributed by atoms with Crippen molar-refractivity contribution in [1.29, 1.82) is 0 Å². The molecule has 1 amide bonds. The molecule has 0 fully saturated rings. The molecule has 0 aliphatic rings. The summed E-state index contributed by atoms with van der Waals surface area (Å²) in [6.45, 7) is 2.27. The molecule has 34 heavy (non-hydrogen) atoms. The van der Waals surface area contributed by atoms with Crippen molar-refractivity contribution in [2.24, 2.45) is 0 Å². The molecule has 8 nitrogen and oxygen atoms in total. The van der Waals surface area contributed by atoms with Gasteiger partial charge in [0.25, 0.3) is 0 Å². The Morgan fingerprint density at radius 3 is 1.44 bits per heavy atom. The van der Waals surface area contributed by atoms with Gasteiger partial charge in [-0.15, -0.1) is 0 Å². The van der Waals surface area contributed by atoms with E-state index in [2.05, 4.69) is 30.6 Å². The van der Waals surface area contributed by atoms with Crippen LogP contribution >= 0.6 is 0 Å². The maximum atomic E-state index is 11.8. The fourth-order valence-corrected chi connectivity index (χ4v) is 3.57. The number of aliphatic hydroxyl groups excluding tert-OH is 1. The number of carbonyl (C=O) groups is 1. The lowest BCUT2D eigenvalue weighted by Crippen LogP contribution is -2.37. The number of hydrogen-bond donors (Lipinski definition) is 2. The zero-order valence-electron chi connectivity index (χ0n) is 22.5. The van der Waals surface area contributed by atoms with Gasteiger partial charge in [-0.3, -0.25) is 8.98 Å². The van der Waals surface area contributed by atoms with E-state index in [0.29, 0.717) is 13.0 Å². The first kappa shape index (κ1) is 35.4. The number of nitrogens with one attached hydrogen (secondary N) is 1. The molecule has 9 heteroatoms. The van der Waals surface area contributed by atoms with Crippen molar-refractivity contribution < 1.29 is 31.5 Å². The van der Waals surface area contributed by atoms with E-state index in [0.717, 1.165) is 43.9 Å². The Hall–Kier alpha value is -0.740. The van der Waals surface area contributed by atoms with Gasteiger partial charge < -0.3 is 19.5 Å². The predicted octanol–water partition coefficient (Wildman–Crippen LogP) is 4.53. The average Bonchev–Trinajstić information content (AvgIpc) is 2.75. The van der Waals surface area contributed by atoms with E-state index in [1.54, 1.807) is 0 Å². The van der Waals surface area contributed by atoms with Crippen molar-refractivity contribution >= 4 is 16.3 Å². The van der Waals surface area contributed by atoms with Crippen LogP contribution in [0.25, 0.3) is 0 Å². The van der Waals surface area contributed by atoms with Crippen LogP contribution in [0.5, 0.6) is 0 Å². The Labute approximate surface area is 210 Å². The quantitative estimate of drug-likeness (QED) is 0.0957. The maximum Gasteiger partial charge on any atom is 0.219 e. The van der Waals surface area contributed by atoms with Crippen LogP contribution < -0.4 is 5.32 Å². The highest BCUT2D eigenvalue weighted by molar-refractivity contribution is 7.80. The third-order valence-electron chi connectivity index (χ3n) is 5.59. The number of carbonyl (C=O) groups excluding carboxylic acids is 1. The van der Waals surface area contributed by atoms with Gasteiger partial charge in [-0.2, -0.15) is 0 Å². The molecule has 0 radical (unpaired) electrons. The van der Waals surface area contributed by atoms with Crippen molar-refractivity contribution in [3.63, 3.8) is 0 Å². The van der Waals surface area contributed by atoms with Gasteiger partial charge in [0, 0.05) is 26.0 Å². The van der Waals surface area contributed by atoms with Crippen LogP contribution in [0, 0.1) is 0 Å². The molecule has 0 heterocycles. The Kier molecular flexibility index (Phi) is 25.0. The molecule has 0 aromatic carbocycles. The van der Waals surface area contributed by atoms with Crippen LogP contribution in [-0.4, -0.2) is 76.4 Å². The van der Waals surface area contributed by atoms with E-state index in [9.17, 15) is 17.8 Å². The molecule has 0 bridgehead atoms. The molecule has 0 aromatic heterocycles. The van der Waals surface area contributed by atoms with Gasteiger partial charge in [-0.05, 0) is 12.8 Å². The normalized spacial score (nSPS) is 11.7. The molecule has 0 unspecified atom stereocenters. The number of quaternary nitrogens is 1. The Morgan fingerprint density at radius 2 is 1.12 bits per heavy atom. The third-order valence-corrected chi connectivity index (χ3v) is 6.00. The van der Waals surface area contributed by atoms with E-state index in [4.69, 9.17) is 5.11 Å². The number of rotatable bonds is 22. The summed E-state index contributed by atoms with van der Waals surface area (Å²) in [6, 6.07) is 0. The number of amides is 1. The second kappa shape index (κ2) is 24.0. The van der Waals surface area contributed by atoms with E-state index >= 15 is 0 Å². The molecule has 0 aliphatic carbocycles. The van der Waals surface area contributed by atoms with Crippen LogP contribution in [0.15, 0.2) is 0 Å². The minimum Gasteiger partial charge on any atom is -0.726 e. The van der Waals surface area contributed by atoms with Gasteiger partial charge in [0.05, 0.1) is 34.8 Å². The molecule has 0 aromatic rings. The summed E-state index contributed by atoms with van der Waals surface area (Å²) in [5.74, 6) is 0.231. The highest BCUT2D eigenvalue weighted by Gasteiger charge is 2.06. The van der Waals surface area contributed by atoms with Crippen LogP contribution in [0.1, 0.15) is 109 Å². The van der Waals surface area contributed by atoms with Crippen molar-refractivity contribution in [1.82, 2.24) is 5.32 Å². The molecular formula is C25H54N2O6S. The summed E-state index contributed by atoms with van der Waals surface area (Å²) < 4.78 is 32.0. The Balaban J connectivity index is 0. The minimum atomic E-state index is -4.41. The minimum absolute atomic E-state index is 0.231. The smallest absolute Gasteiger partial charge is 0.219 e. The number of unbranched alkanes of at least 4 members (excludes halogenated alkanes) is 14. The first-order valence-corrected chi connectivity index (χ1v) is 14.5. The van der Waals surface area contributed by atoms with Crippen molar-refractivity contribution in [3.05, 3.63) is 0 Å². The zero-order valence-corrected chi connectivity index (χ0v) is 23.3. The monoisotopic (exact) mass is 510 g/mol. The molecule has 0 rings (SSSR count). The lowest BCUT2D eigenvalue weighted by molar-refractivity contribution is -0.870. The number of nitrogens with zero attached hydrogens (tertiary/aromatic N) is 1. The van der Waals surface area contributed by atoms with Crippen LogP contribution in [0.4, 0.5) is 0 Å². The molecule has 0 spiro atoms. The van der Waals surface area contributed by atoms with Gasteiger partial charge in [-0.1, -0.05) is 83.5 Å². The summed E-state index contributed by atoms with van der Waals surface area (Å²) >= 11 is 0. The molecule has 0 aliphatic heterocycles. The Morgan fingerprint density at radius 1 is 0.765 bits per heavy atom. The topological polar surface area (TPSA) is 116 Å². The summed E-state index contributed by atoms with van der Waals surface area (Å²) in [5.41, 5.74) is 0. The summed E-state index contributed by atoms with van der Waals surface area (Å²) in [4.78, 5) is 11.8. The number of aliphatic hydroxyl groups is 1. The van der Waals surface area contributed by atoms with E-state index in [1.807, 2.05) is 0 Å². The third kappa shape index (κ3) is 35.8. The summed E-state index contributed by atoms with van der Waals surface area (Å²) in [7, 11) is 2.95. The summed E-state index contributed by atoms with van der Waals surface area (Å²) in [5, 5.41) is 11.8. The largest absolute Gasteiger partial charge is 0.726 e. The summed E-state index contributed by atoms with van der Waals surface area (Å²) in [6.07, 6.45) is 21.1. The molecule has 2 N–H and O–H groups in total. The lowest BCUT2D eigenvalue weighted by Gasteiger charge is -2.23. The van der Waals surface area contributed by atoms with Crippen molar-refractivity contribution in [3.8, 4) is 0 Å². The van der Waals surface area contributed by atoms with Gasteiger partial charge in [-0.25, -0.2) is 8.42 Å². The van der Waals surface area contributed by atoms with Crippen molar-refractivity contribution in [2.75, 3.05) is 47.9 Å². The first-order chi connectivity index (χ1) is 16.0. The van der Waals surface area contributed by atoms with Crippen LogP contribution in [0.3, 0.4) is 0 Å². The van der Waals surface area contributed by atoms with E-state index in [-0.39, 0.29) is 5.91 Å². The average molecular weight is 511 g/mol. The molecular weight excluding hydrogens is 456 g/mol. The molecule has 0 saturated heterocycles. The maximum absolute atomic E-state index is 11.8. The molecule has 206 valence electrons. The zero-order chi connectivity index (χ0) is 26.1. The molecule has 0 atom stereocenters. The fraction of sp³-hybridized carbons (Fsp3) is 0.960. The van der Waals surface area contributed by atoms with Crippen molar-refractivity contribution in [2.45, 2.75) is 109 Å². The number of hydrogen-bond acceptors (Lipinski definition) is 6. The van der Waals surface area contributed by atoms with Gasteiger partial charge in [0.15, 0.2) is 0 Å². The fourth-order valence-electron chi connectivity index (χ4n) is 3.57. The lowest BCUT2D eigenvalue weighted by atomic mass is 10.0. The molecule has 0 saturated carbocycles. The van der Waals surface area contributed by atoms with Crippen LogP contribution in [-0.2, 0) is 19.4 Å². The van der Waals surface area contributed by atoms with E-state index in [1.165, 1.54) is 83.5 Å². The Bertz CT molecular complexity index is 550. The second-order valence-corrected chi connectivity index (χ2v) is 11.2. The highest BCUT2D eigenvalue weighted by Crippen LogP contribution is 2.13. The predicted molar refractivity (Wildman–Crippen MR) is 138 cm³/mol. The van der Waals surface area contributed by atoms with Gasteiger partial charge >= 0.3 is 0 Å². The first-order valence-electron chi connectivity index (χ1n) is 13.2. The highest BCUT2D eigenvalue weighted by atomic mass is 32.3. The standard InChI is InChI=1S/C24H50N2O2.CH4O4S/c1-26(2,3)22-19-21-25-24(28)20-17-15-13-11-9-7-5-4-6-8-10-12-14-16-18-23-27;1-5-6(2,3)4/h27H,4-23H2,1-3H3;1H3,(H,2,3,4). The van der Waals surface area contributed by atoms with E-state index < -0.39 is 10.4 Å². The van der Waals surface area contributed by atoms with Gasteiger partial charge in [0.2, 0.25) is 16.3 Å². The SMILES string of the molecule is COS(=O)(=O)[O-].C[N+](C)(C)CCCNC(=O)CCCCCCCCCCCCCCCCCO.